The topological polar surface area (TPSA) is 88.3 Å². The number of amides is 2. The Bertz CT molecular complexity index is 1490. The number of hydrogen-bond acceptors (Lipinski definition) is 6. The summed E-state index contributed by atoms with van der Waals surface area (Å²) in [5, 5.41) is 5.01. The molecule has 2 heterocycles. The van der Waals surface area contributed by atoms with Crippen LogP contribution in [0.5, 0.6) is 0 Å². The molecule has 0 spiro atoms. The SMILES string of the molecule is C#Cc1nc(C(=O)N(c2ccc(-c3cnco3)cc2)C(C(=O)NC(C)(C)C)[c-]2cccc2)cs1.[Fe].[cH-]1[cH-][cH-][cH-][cH-]1. The molecule has 0 bridgehead atoms. The fourth-order valence-corrected chi connectivity index (χ4v) is 4.43. The molecule has 40 heavy (non-hydrogen) atoms. The van der Waals surface area contributed by atoms with Crippen molar-refractivity contribution in [2.75, 3.05) is 4.90 Å². The van der Waals surface area contributed by atoms with Crippen LogP contribution in [0.2, 0.25) is 0 Å². The maximum absolute atomic E-state index is 13.8. The van der Waals surface area contributed by atoms with Gasteiger partial charge in [-0.3, -0.25) is 9.59 Å². The van der Waals surface area contributed by atoms with E-state index in [0.29, 0.717) is 22.0 Å². The largest absolute Gasteiger partial charge is 0.748 e. The van der Waals surface area contributed by atoms with Crippen molar-refractivity contribution in [1.29, 1.82) is 0 Å². The minimum absolute atomic E-state index is 0. The number of aromatic nitrogens is 2. The molecule has 0 radical (unpaired) electrons. The molecule has 9 heteroatoms. The Morgan fingerprint density at radius 1 is 1.10 bits per heavy atom. The second-order valence-corrected chi connectivity index (χ2v) is 10.5. The van der Waals surface area contributed by atoms with Gasteiger partial charge in [0.25, 0.3) is 5.91 Å². The molecule has 2 amide bonds. The van der Waals surface area contributed by atoms with Crippen molar-refractivity contribution in [2.24, 2.45) is 0 Å². The summed E-state index contributed by atoms with van der Waals surface area (Å²) in [6.07, 6.45) is 8.43. The van der Waals surface area contributed by atoms with Gasteiger partial charge in [0, 0.05) is 39.2 Å². The number of nitrogens with zero attached hydrogens (tertiary/aromatic N) is 3. The number of rotatable bonds is 6. The summed E-state index contributed by atoms with van der Waals surface area (Å²) in [4.78, 5) is 37.0. The normalized spacial score (nSPS) is 11.2. The zero-order chi connectivity index (χ0) is 27.8. The number of nitrogens with one attached hydrogen (secondary N) is 1. The average molecular weight is 593 g/mol. The molecule has 1 unspecified atom stereocenters. The molecule has 210 valence electrons. The number of hydrogen-bond donors (Lipinski definition) is 1. The van der Waals surface area contributed by atoms with E-state index in [4.69, 9.17) is 10.8 Å². The van der Waals surface area contributed by atoms with Crippen molar-refractivity contribution in [1.82, 2.24) is 15.3 Å². The average Bonchev–Trinajstić information content (AvgIpc) is 3.73. The minimum Gasteiger partial charge on any atom is -0.748 e. The first-order valence-corrected chi connectivity index (χ1v) is 13.1. The van der Waals surface area contributed by atoms with Crippen molar-refractivity contribution in [3.63, 3.8) is 0 Å². The van der Waals surface area contributed by atoms with Gasteiger partial charge in [-0.2, -0.15) is 12.1 Å². The molecule has 0 aliphatic heterocycles. The maximum atomic E-state index is 13.8. The summed E-state index contributed by atoms with van der Waals surface area (Å²) in [6, 6.07) is 23.6. The standard InChI is InChI=1S/C26H23N4O3S.C5H5.Fe/c1-5-22-28-20(15-34-22)25(32)30(19-12-10-17(11-13-19)21-14-27-16-33-21)23(18-8-6-7-9-18)24(31)29-26(2,3)4;1-2-4-5-3-1;/h1,6-16,23H,2-4H3,(H,29,31);1-5H;/q-1;-5;. The first-order chi connectivity index (χ1) is 18.8. The third-order valence-electron chi connectivity index (χ3n) is 5.49. The third kappa shape index (κ3) is 7.67. The fraction of sp³-hybridized carbons (Fsp3) is 0.161. The van der Waals surface area contributed by atoms with Gasteiger partial charge in [0.2, 0.25) is 5.91 Å². The molecule has 5 rings (SSSR count). The first-order valence-electron chi connectivity index (χ1n) is 12.2. The molecule has 2 aromatic heterocycles. The van der Waals surface area contributed by atoms with Gasteiger partial charge >= 0.3 is 0 Å². The summed E-state index contributed by atoms with van der Waals surface area (Å²) in [6.45, 7) is 5.68. The number of thiazole rings is 1. The van der Waals surface area contributed by atoms with Gasteiger partial charge in [0.15, 0.2) is 17.2 Å². The summed E-state index contributed by atoms with van der Waals surface area (Å²) in [5.74, 6) is 2.32. The fourth-order valence-electron chi connectivity index (χ4n) is 3.84. The van der Waals surface area contributed by atoms with Gasteiger partial charge < -0.3 is 45.0 Å². The van der Waals surface area contributed by atoms with E-state index in [0.717, 1.165) is 5.56 Å². The first kappa shape index (κ1) is 30.3. The van der Waals surface area contributed by atoms with Gasteiger partial charge in [0.1, 0.15) is 5.69 Å². The van der Waals surface area contributed by atoms with Crippen LogP contribution < -0.4 is 10.2 Å². The third-order valence-corrected chi connectivity index (χ3v) is 6.27. The van der Waals surface area contributed by atoms with Crippen molar-refractivity contribution >= 4 is 28.8 Å². The van der Waals surface area contributed by atoms with E-state index in [1.54, 1.807) is 23.7 Å². The van der Waals surface area contributed by atoms with E-state index in [9.17, 15) is 9.59 Å². The monoisotopic (exact) mass is 592 g/mol. The molecule has 0 fully saturated rings. The number of carbonyl (C=O) groups is 2. The van der Waals surface area contributed by atoms with Gasteiger partial charge in [0.05, 0.1) is 12.2 Å². The number of oxazole rings is 1. The quantitative estimate of drug-likeness (QED) is 0.144. The van der Waals surface area contributed by atoms with Crippen LogP contribution in [0.25, 0.3) is 11.3 Å². The predicted molar refractivity (Wildman–Crippen MR) is 154 cm³/mol. The van der Waals surface area contributed by atoms with Crippen LogP contribution in [-0.4, -0.2) is 27.3 Å². The molecule has 1 atom stereocenters. The molecule has 5 aromatic rings. The Balaban J connectivity index is 0.000000662. The molecule has 3 aromatic carbocycles. The maximum Gasteiger partial charge on any atom is 0.277 e. The van der Waals surface area contributed by atoms with Gasteiger partial charge in [-0.25, -0.2) is 22.1 Å². The Kier molecular flexibility index (Phi) is 10.4. The Labute approximate surface area is 248 Å². The Morgan fingerprint density at radius 2 is 1.73 bits per heavy atom. The van der Waals surface area contributed by atoms with E-state index in [1.165, 1.54) is 22.6 Å². The molecule has 7 nitrogen and oxygen atoms in total. The zero-order valence-corrected chi connectivity index (χ0v) is 24.1. The molecule has 1 N–H and O–H groups in total. The van der Waals surface area contributed by atoms with Crippen molar-refractivity contribution in [2.45, 2.75) is 32.4 Å². The van der Waals surface area contributed by atoms with Crippen molar-refractivity contribution in [3.8, 4) is 23.7 Å². The van der Waals surface area contributed by atoms with E-state index >= 15 is 0 Å². The Morgan fingerprint density at radius 3 is 2.23 bits per heavy atom. The summed E-state index contributed by atoms with van der Waals surface area (Å²) < 4.78 is 5.37. The molecular formula is C31H28FeN4O3S-6. The van der Waals surface area contributed by atoms with Crippen LogP contribution in [0.4, 0.5) is 5.69 Å². The second-order valence-electron chi connectivity index (χ2n) is 9.59. The zero-order valence-electron chi connectivity index (χ0n) is 22.2. The van der Waals surface area contributed by atoms with E-state index in [-0.39, 0.29) is 28.7 Å². The number of carbonyl (C=O) groups excluding carboxylic acids is 2. The van der Waals surface area contributed by atoms with E-state index in [1.807, 2.05) is 87.5 Å². The minimum atomic E-state index is -0.922. The molecule has 0 saturated heterocycles. The van der Waals surface area contributed by atoms with Gasteiger partial charge in [-0.1, -0.05) is 0 Å². The smallest absolute Gasteiger partial charge is 0.277 e. The van der Waals surface area contributed by atoms with E-state index in [2.05, 4.69) is 21.2 Å². The second kappa shape index (κ2) is 13.7. The molecular weight excluding hydrogens is 564 g/mol. The molecule has 0 aliphatic rings. The number of benzene rings is 1. The number of terminal acetylenes is 1. The van der Waals surface area contributed by atoms with Crippen LogP contribution in [0.1, 0.15) is 47.9 Å². The van der Waals surface area contributed by atoms with Crippen LogP contribution in [0, 0.1) is 12.3 Å². The molecule has 0 aliphatic carbocycles. The van der Waals surface area contributed by atoms with Crippen LogP contribution in [0.3, 0.4) is 0 Å². The molecule has 0 saturated carbocycles. The van der Waals surface area contributed by atoms with Crippen molar-refractivity contribution in [3.05, 3.63) is 113 Å². The van der Waals surface area contributed by atoms with Gasteiger partial charge in [-0.15, -0.1) is 23.3 Å². The summed E-state index contributed by atoms with van der Waals surface area (Å²) in [7, 11) is 0. The van der Waals surface area contributed by atoms with E-state index < -0.39 is 17.5 Å². The van der Waals surface area contributed by atoms with Gasteiger partial charge in [-0.05, 0) is 51.0 Å². The van der Waals surface area contributed by atoms with Crippen LogP contribution >= 0.6 is 11.3 Å². The van der Waals surface area contributed by atoms with Crippen molar-refractivity contribution < 1.29 is 31.1 Å². The Hall–Kier alpha value is -4.22. The predicted octanol–water partition coefficient (Wildman–Crippen LogP) is 6.20. The van der Waals surface area contributed by atoms with Crippen LogP contribution in [-0.2, 0) is 21.9 Å². The van der Waals surface area contributed by atoms with Crippen LogP contribution in [0.15, 0.2) is 101 Å². The number of anilines is 1. The summed E-state index contributed by atoms with van der Waals surface area (Å²) >= 11 is 1.20. The summed E-state index contributed by atoms with van der Waals surface area (Å²) in [5.41, 5.74) is 1.68.